The van der Waals surface area contributed by atoms with Crippen LogP contribution in [0.1, 0.15) is 44.9 Å². The van der Waals surface area contributed by atoms with E-state index in [4.69, 9.17) is 4.74 Å². The van der Waals surface area contributed by atoms with E-state index in [1.165, 1.54) is 11.8 Å². The lowest BCUT2D eigenvalue weighted by molar-refractivity contribution is -0.153. The molecule has 3 atom stereocenters. The van der Waals surface area contributed by atoms with Crippen LogP contribution in [0.2, 0.25) is 0 Å². The van der Waals surface area contributed by atoms with Gasteiger partial charge < -0.3 is 15.4 Å². The van der Waals surface area contributed by atoms with E-state index in [2.05, 4.69) is 33.2 Å². The first-order chi connectivity index (χ1) is 15.7. The molecule has 0 aromatic carbocycles. The molecule has 0 aliphatic carbocycles. The summed E-state index contributed by atoms with van der Waals surface area (Å²) < 4.78 is 5.66. The Morgan fingerprint density at radius 3 is 2.88 bits per heavy atom. The molecular weight excluding hydrogens is 460 g/mol. The number of amides is 2. The molecule has 4 bridgehead atoms. The fourth-order valence-corrected chi connectivity index (χ4v) is 4.72. The van der Waals surface area contributed by atoms with Gasteiger partial charge in [-0.1, -0.05) is 19.9 Å². The number of cyclic esters (lactones) is 1. The molecule has 8 nitrogen and oxygen atoms in total. The maximum Gasteiger partial charge on any atom is 0.329 e. The highest BCUT2D eigenvalue weighted by molar-refractivity contribution is 8.14. The third kappa shape index (κ3) is 6.60. The SMILES string of the molecule is CC(C)[C@@H]1NC(=O)[C@]2(C)CSC(=N2)c2ccnc(c2)CNC(=O)C[C@@H](/C=C/CCS)OC1=O. The minimum absolute atomic E-state index is 0.0342. The predicted octanol–water partition coefficient (Wildman–Crippen LogP) is 2.28. The van der Waals surface area contributed by atoms with E-state index >= 15 is 0 Å². The quantitative estimate of drug-likeness (QED) is 0.339. The van der Waals surface area contributed by atoms with Gasteiger partial charge in [0, 0.05) is 17.5 Å². The van der Waals surface area contributed by atoms with Crippen molar-refractivity contribution in [2.45, 2.75) is 57.8 Å². The Hall–Kier alpha value is -2.33. The summed E-state index contributed by atoms with van der Waals surface area (Å²) in [6.07, 6.45) is 5.07. The zero-order valence-electron chi connectivity index (χ0n) is 19.0. The Morgan fingerprint density at radius 1 is 1.36 bits per heavy atom. The molecule has 10 heteroatoms. The van der Waals surface area contributed by atoms with Crippen molar-refractivity contribution in [1.29, 1.82) is 0 Å². The van der Waals surface area contributed by atoms with Crippen LogP contribution < -0.4 is 10.6 Å². The first kappa shape index (κ1) is 25.3. The van der Waals surface area contributed by atoms with Crippen LogP contribution in [0.3, 0.4) is 0 Å². The second-order valence-corrected chi connectivity index (χ2v) is 10.0. The van der Waals surface area contributed by atoms with Gasteiger partial charge >= 0.3 is 5.97 Å². The van der Waals surface area contributed by atoms with Crippen LogP contribution >= 0.6 is 24.4 Å². The maximum absolute atomic E-state index is 13.2. The van der Waals surface area contributed by atoms with Gasteiger partial charge in [0.25, 0.3) is 0 Å². The Bertz CT molecular complexity index is 966. The average molecular weight is 491 g/mol. The first-order valence-electron chi connectivity index (χ1n) is 11.0. The number of thiol groups is 1. The Balaban J connectivity index is 1.95. The highest BCUT2D eigenvalue weighted by atomic mass is 32.2. The summed E-state index contributed by atoms with van der Waals surface area (Å²) in [6.45, 7) is 5.67. The monoisotopic (exact) mass is 490 g/mol. The Kier molecular flexibility index (Phi) is 8.58. The van der Waals surface area contributed by atoms with Crippen molar-refractivity contribution in [3.05, 3.63) is 41.7 Å². The van der Waals surface area contributed by atoms with E-state index in [-0.39, 0.29) is 30.7 Å². The number of thioether (sulfide) groups is 1. The first-order valence-corrected chi connectivity index (χ1v) is 12.6. The fourth-order valence-electron chi connectivity index (χ4n) is 3.40. The van der Waals surface area contributed by atoms with Crippen molar-refractivity contribution in [2.75, 3.05) is 11.5 Å². The lowest BCUT2D eigenvalue weighted by Gasteiger charge is -2.27. The number of fused-ring (bicyclic) bond motifs is 4. The lowest BCUT2D eigenvalue weighted by atomic mass is 10.00. The molecule has 2 aliphatic rings. The molecule has 3 rings (SSSR count). The molecule has 0 saturated heterocycles. The van der Waals surface area contributed by atoms with Crippen LogP contribution in [0.4, 0.5) is 0 Å². The van der Waals surface area contributed by atoms with Gasteiger partial charge in [0.2, 0.25) is 11.8 Å². The molecule has 2 N–H and O–H groups in total. The number of nitrogens with one attached hydrogen (secondary N) is 2. The highest BCUT2D eigenvalue weighted by Gasteiger charge is 2.41. The van der Waals surface area contributed by atoms with Gasteiger partial charge in [0.05, 0.1) is 23.7 Å². The molecule has 33 heavy (non-hydrogen) atoms. The second-order valence-electron chi connectivity index (χ2n) is 8.61. The van der Waals surface area contributed by atoms with E-state index in [0.29, 0.717) is 23.6 Å². The number of hydrogen-bond donors (Lipinski definition) is 3. The minimum Gasteiger partial charge on any atom is -0.456 e. The molecule has 1 aromatic heterocycles. The molecule has 178 valence electrons. The van der Waals surface area contributed by atoms with E-state index < -0.39 is 23.7 Å². The number of allylic oxidation sites excluding steroid dienone is 1. The van der Waals surface area contributed by atoms with Crippen molar-refractivity contribution in [2.24, 2.45) is 10.9 Å². The van der Waals surface area contributed by atoms with Gasteiger partial charge in [0.1, 0.15) is 17.7 Å². The van der Waals surface area contributed by atoms with Crippen LogP contribution in [-0.4, -0.2) is 57.0 Å². The standard InChI is InChI=1S/C23H30N4O4S2/c1-14(2)19-21(29)31-17(6-4-5-9-32)11-18(28)25-12-16-10-15(7-8-24-16)20-27-23(3,13-33-20)22(30)26-19/h4,6-8,10,14,17,19,32H,5,9,11-13H2,1-3H3,(H,25,28)(H,26,30)/b6-4+/t17-,19+,23+/m1/s1. The third-order valence-corrected chi connectivity index (χ3v) is 6.93. The van der Waals surface area contributed by atoms with E-state index in [0.717, 1.165) is 10.6 Å². The van der Waals surface area contributed by atoms with Crippen LogP contribution in [0.25, 0.3) is 0 Å². The average Bonchev–Trinajstić information content (AvgIpc) is 3.19. The van der Waals surface area contributed by atoms with Crippen LogP contribution in [0, 0.1) is 5.92 Å². The third-order valence-electron chi connectivity index (χ3n) is 5.37. The summed E-state index contributed by atoms with van der Waals surface area (Å²) in [4.78, 5) is 47.8. The van der Waals surface area contributed by atoms with Crippen molar-refractivity contribution in [3.8, 4) is 0 Å². The van der Waals surface area contributed by atoms with E-state index in [1.807, 2.05) is 32.1 Å². The number of rotatable bonds is 4. The van der Waals surface area contributed by atoms with Crippen LogP contribution in [0.5, 0.6) is 0 Å². The summed E-state index contributed by atoms with van der Waals surface area (Å²) in [7, 11) is 0. The number of pyridine rings is 1. The summed E-state index contributed by atoms with van der Waals surface area (Å²) in [5.74, 6) is -0.300. The van der Waals surface area contributed by atoms with E-state index in [9.17, 15) is 14.4 Å². The van der Waals surface area contributed by atoms with Crippen molar-refractivity contribution in [3.63, 3.8) is 0 Å². The number of esters is 1. The van der Waals surface area contributed by atoms with Crippen molar-refractivity contribution in [1.82, 2.24) is 15.6 Å². The summed E-state index contributed by atoms with van der Waals surface area (Å²) in [6, 6.07) is 2.84. The highest BCUT2D eigenvalue weighted by Crippen LogP contribution is 2.31. The van der Waals surface area contributed by atoms with Gasteiger partial charge in [-0.15, -0.1) is 11.8 Å². The molecule has 0 spiro atoms. The second kappa shape index (κ2) is 11.2. The van der Waals surface area contributed by atoms with Crippen molar-refractivity contribution < 1.29 is 19.1 Å². The number of hydrogen-bond acceptors (Lipinski definition) is 8. The van der Waals surface area contributed by atoms with E-state index in [1.54, 1.807) is 19.2 Å². The summed E-state index contributed by atoms with van der Waals surface area (Å²) in [5, 5.41) is 6.41. The summed E-state index contributed by atoms with van der Waals surface area (Å²) >= 11 is 5.66. The van der Waals surface area contributed by atoms with Gasteiger partial charge in [0.15, 0.2) is 0 Å². The zero-order chi connectivity index (χ0) is 24.0. The number of carbonyl (C=O) groups excluding carboxylic acids is 3. The normalized spacial score (nSPS) is 26.7. The Morgan fingerprint density at radius 2 is 2.15 bits per heavy atom. The molecule has 2 aliphatic heterocycles. The Labute approximate surface area is 203 Å². The lowest BCUT2D eigenvalue weighted by Crippen LogP contribution is -2.53. The predicted molar refractivity (Wildman–Crippen MR) is 132 cm³/mol. The number of carbonyl (C=O) groups is 3. The molecule has 1 aromatic rings. The molecular formula is C23H30N4O4S2. The van der Waals surface area contributed by atoms with Gasteiger partial charge in [-0.25, -0.2) is 4.79 Å². The molecule has 3 heterocycles. The maximum atomic E-state index is 13.2. The molecule has 0 saturated carbocycles. The minimum atomic E-state index is -1.01. The number of nitrogens with zero attached hydrogens (tertiary/aromatic N) is 2. The van der Waals surface area contributed by atoms with Crippen LogP contribution in [-0.2, 0) is 25.7 Å². The van der Waals surface area contributed by atoms with Gasteiger partial charge in [-0.2, -0.15) is 12.6 Å². The van der Waals surface area contributed by atoms with Gasteiger partial charge in [-0.3, -0.25) is 19.6 Å². The topological polar surface area (TPSA) is 110 Å². The fraction of sp³-hybridized carbons (Fsp3) is 0.522. The molecule has 0 radical (unpaired) electrons. The number of aromatic nitrogens is 1. The van der Waals surface area contributed by atoms with Crippen LogP contribution in [0.15, 0.2) is 35.5 Å². The van der Waals surface area contributed by atoms with Gasteiger partial charge in [-0.05, 0) is 43.2 Å². The number of ether oxygens (including phenoxy) is 1. The largest absolute Gasteiger partial charge is 0.456 e. The number of aliphatic imine (C=N–C) groups is 1. The molecule has 2 amide bonds. The molecule has 0 fully saturated rings. The smallest absolute Gasteiger partial charge is 0.329 e. The molecule has 0 unspecified atom stereocenters. The van der Waals surface area contributed by atoms with Crippen molar-refractivity contribution >= 4 is 47.2 Å². The summed E-state index contributed by atoms with van der Waals surface area (Å²) in [5.41, 5.74) is 0.511. The zero-order valence-corrected chi connectivity index (χ0v) is 20.7.